The fourth-order valence-corrected chi connectivity index (χ4v) is 1.76. The minimum atomic E-state index is 0.816. The second-order valence-corrected chi connectivity index (χ2v) is 3.82. The lowest BCUT2D eigenvalue weighted by atomic mass is 10.3. The smallest absolute Gasteiger partial charge is 0.207 e. The van der Waals surface area contributed by atoms with Gasteiger partial charge in [0.25, 0.3) is 0 Å². The molecule has 0 amide bonds. The predicted molar refractivity (Wildman–Crippen MR) is 68.9 cm³/mol. The van der Waals surface area contributed by atoms with Crippen molar-refractivity contribution in [3.05, 3.63) is 36.2 Å². The number of nitrogens with one attached hydrogen (secondary N) is 1. The number of hydrogen-bond donors (Lipinski definition) is 1. The molecule has 4 nitrogen and oxygen atoms in total. The lowest BCUT2D eigenvalue weighted by molar-refractivity contribution is 0.416. The van der Waals surface area contributed by atoms with Crippen LogP contribution in [0.5, 0.6) is 5.75 Å². The van der Waals surface area contributed by atoms with Crippen LogP contribution < -0.4 is 10.1 Å². The van der Waals surface area contributed by atoms with Crippen molar-refractivity contribution in [3.8, 4) is 5.75 Å². The molecule has 1 N–H and O–H groups in total. The average Bonchev–Trinajstić information content (AvgIpc) is 2.70. The van der Waals surface area contributed by atoms with E-state index in [1.54, 1.807) is 7.11 Å². The van der Waals surface area contributed by atoms with Gasteiger partial charge in [-0.1, -0.05) is 12.1 Å². The third-order valence-corrected chi connectivity index (χ3v) is 2.59. The molecule has 0 radical (unpaired) electrons. The largest absolute Gasteiger partial charge is 0.495 e. The topological polar surface area (TPSA) is 39.1 Å². The van der Waals surface area contributed by atoms with Crippen LogP contribution in [0.25, 0.3) is 0 Å². The Morgan fingerprint density at radius 2 is 2.12 bits per heavy atom. The Balaban J connectivity index is 2.30. The molecule has 0 fully saturated rings. The molecule has 0 aliphatic rings. The molecule has 0 spiro atoms. The number of rotatable bonds is 4. The highest BCUT2D eigenvalue weighted by atomic mass is 16.5. The van der Waals surface area contributed by atoms with E-state index in [0.717, 1.165) is 29.6 Å². The molecule has 0 aliphatic carbocycles. The van der Waals surface area contributed by atoms with Crippen molar-refractivity contribution in [1.82, 2.24) is 9.55 Å². The standard InChI is InChI=1S/C13H17N3O/c1-4-16-9-10(2)14-13(16)15-11-7-5-6-8-12(11)17-3/h5-9H,4H2,1-3H3,(H,14,15). The van der Waals surface area contributed by atoms with Gasteiger partial charge in [-0.05, 0) is 26.0 Å². The minimum absolute atomic E-state index is 0.816. The van der Waals surface area contributed by atoms with Crippen LogP contribution in [0.4, 0.5) is 11.6 Å². The quantitative estimate of drug-likeness (QED) is 0.879. The van der Waals surface area contributed by atoms with Crippen LogP contribution in [0, 0.1) is 6.92 Å². The number of anilines is 2. The van der Waals surface area contributed by atoms with E-state index in [-0.39, 0.29) is 0 Å². The maximum absolute atomic E-state index is 5.30. The van der Waals surface area contributed by atoms with Crippen LogP contribution in [-0.4, -0.2) is 16.7 Å². The molecule has 0 bridgehead atoms. The first kappa shape index (κ1) is 11.5. The summed E-state index contributed by atoms with van der Waals surface area (Å²) >= 11 is 0. The van der Waals surface area contributed by atoms with Crippen molar-refractivity contribution < 1.29 is 4.74 Å². The molecule has 90 valence electrons. The highest BCUT2D eigenvalue weighted by Gasteiger charge is 2.07. The van der Waals surface area contributed by atoms with Crippen LogP contribution >= 0.6 is 0 Å². The number of benzene rings is 1. The SMILES string of the molecule is CCn1cc(C)nc1Nc1ccccc1OC. The Kier molecular flexibility index (Phi) is 3.32. The van der Waals surface area contributed by atoms with Crippen molar-refractivity contribution in [2.75, 3.05) is 12.4 Å². The van der Waals surface area contributed by atoms with Gasteiger partial charge in [0.15, 0.2) is 0 Å². The zero-order valence-corrected chi connectivity index (χ0v) is 10.4. The Hall–Kier alpha value is -1.97. The summed E-state index contributed by atoms with van der Waals surface area (Å²) in [7, 11) is 1.66. The molecule has 1 aromatic carbocycles. The first-order chi connectivity index (χ1) is 8.24. The highest BCUT2D eigenvalue weighted by Crippen LogP contribution is 2.26. The summed E-state index contributed by atoms with van der Waals surface area (Å²) in [4.78, 5) is 4.45. The molecule has 0 saturated heterocycles. The van der Waals surface area contributed by atoms with Crippen molar-refractivity contribution >= 4 is 11.6 Å². The van der Waals surface area contributed by atoms with Gasteiger partial charge in [0.05, 0.1) is 18.5 Å². The van der Waals surface area contributed by atoms with Gasteiger partial charge in [-0.25, -0.2) is 4.98 Å². The second-order valence-electron chi connectivity index (χ2n) is 3.82. The summed E-state index contributed by atoms with van der Waals surface area (Å²) in [6.07, 6.45) is 2.03. The number of para-hydroxylation sites is 2. The summed E-state index contributed by atoms with van der Waals surface area (Å²) in [5.41, 5.74) is 1.93. The molecule has 0 unspecified atom stereocenters. The number of aryl methyl sites for hydroxylation is 2. The zero-order chi connectivity index (χ0) is 12.3. The maximum atomic E-state index is 5.30. The fourth-order valence-electron chi connectivity index (χ4n) is 1.76. The first-order valence-corrected chi connectivity index (χ1v) is 5.68. The van der Waals surface area contributed by atoms with Gasteiger partial charge in [0.2, 0.25) is 5.95 Å². The molecule has 1 heterocycles. The van der Waals surface area contributed by atoms with E-state index in [2.05, 4.69) is 21.8 Å². The summed E-state index contributed by atoms with van der Waals surface area (Å²) in [6.45, 7) is 4.96. The van der Waals surface area contributed by atoms with Crippen molar-refractivity contribution in [1.29, 1.82) is 0 Å². The number of aromatic nitrogens is 2. The van der Waals surface area contributed by atoms with Crippen molar-refractivity contribution in [3.63, 3.8) is 0 Å². The molecule has 4 heteroatoms. The Morgan fingerprint density at radius 3 is 2.82 bits per heavy atom. The lowest BCUT2D eigenvalue weighted by Crippen LogP contribution is -2.02. The normalized spacial score (nSPS) is 10.3. The van der Waals surface area contributed by atoms with Crippen LogP contribution in [0.15, 0.2) is 30.5 Å². The Bertz CT molecular complexity index is 505. The molecular weight excluding hydrogens is 214 g/mol. The third kappa shape index (κ3) is 2.41. The summed E-state index contributed by atoms with van der Waals surface area (Å²) < 4.78 is 7.37. The number of methoxy groups -OCH3 is 1. The van der Waals surface area contributed by atoms with Gasteiger partial charge in [0.1, 0.15) is 5.75 Å². The first-order valence-electron chi connectivity index (χ1n) is 5.68. The molecule has 0 saturated carbocycles. The molecule has 0 atom stereocenters. The fraction of sp³-hybridized carbons (Fsp3) is 0.308. The van der Waals surface area contributed by atoms with Gasteiger partial charge < -0.3 is 14.6 Å². The molecule has 17 heavy (non-hydrogen) atoms. The number of imidazole rings is 1. The molecule has 1 aromatic heterocycles. The highest BCUT2D eigenvalue weighted by molar-refractivity contribution is 5.62. The van der Waals surface area contributed by atoms with Crippen LogP contribution in [0.3, 0.4) is 0 Å². The predicted octanol–water partition coefficient (Wildman–Crippen LogP) is 2.96. The van der Waals surface area contributed by atoms with Crippen LogP contribution in [0.1, 0.15) is 12.6 Å². The Morgan fingerprint density at radius 1 is 1.35 bits per heavy atom. The number of nitrogens with zero attached hydrogens (tertiary/aromatic N) is 2. The lowest BCUT2D eigenvalue weighted by Gasteiger charge is -2.11. The van der Waals surface area contributed by atoms with E-state index in [4.69, 9.17) is 4.74 Å². The maximum Gasteiger partial charge on any atom is 0.207 e. The van der Waals surface area contributed by atoms with Gasteiger partial charge in [0, 0.05) is 12.7 Å². The summed E-state index contributed by atoms with van der Waals surface area (Å²) in [5.74, 6) is 1.66. The van der Waals surface area contributed by atoms with Gasteiger partial charge in [-0.15, -0.1) is 0 Å². The Labute approximate surface area is 101 Å². The number of hydrogen-bond acceptors (Lipinski definition) is 3. The molecule has 2 aromatic rings. The van der Waals surface area contributed by atoms with E-state index in [1.165, 1.54) is 0 Å². The van der Waals surface area contributed by atoms with Gasteiger partial charge in [-0.2, -0.15) is 0 Å². The van der Waals surface area contributed by atoms with E-state index < -0.39 is 0 Å². The monoisotopic (exact) mass is 231 g/mol. The minimum Gasteiger partial charge on any atom is -0.495 e. The van der Waals surface area contributed by atoms with E-state index >= 15 is 0 Å². The van der Waals surface area contributed by atoms with Gasteiger partial charge >= 0.3 is 0 Å². The van der Waals surface area contributed by atoms with Crippen LogP contribution in [0.2, 0.25) is 0 Å². The summed E-state index contributed by atoms with van der Waals surface area (Å²) in [6, 6.07) is 7.82. The summed E-state index contributed by atoms with van der Waals surface area (Å²) in [5, 5.41) is 3.29. The van der Waals surface area contributed by atoms with Crippen molar-refractivity contribution in [2.45, 2.75) is 20.4 Å². The van der Waals surface area contributed by atoms with E-state index in [0.29, 0.717) is 0 Å². The van der Waals surface area contributed by atoms with E-state index in [1.807, 2.05) is 37.4 Å². The van der Waals surface area contributed by atoms with Gasteiger partial charge in [-0.3, -0.25) is 0 Å². The van der Waals surface area contributed by atoms with Crippen molar-refractivity contribution in [2.24, 2.45) is 0 Å². The third-order valence-electron chi connectivity index (χ3n) is 2.59. The molecule has 2 rings (SSSR count). The van der Waals surface area contributed by atoms with Crippen LogP contribution in [-0.2, 0) is 6.54 Å². The molecular formula is C13H17N3O. The number of ether oxygens (including phenoxy) is 1. The zero-order valence-electron chi connectivity index (χ0n) is 10.4. The average molecular weight is 231 g/mol. The molecule has 0 aliphatic heterocycles. The van der Waals surface area contributed by atoms with E-state index in [9.17, 15) is 0 Å². The second kappa shape index (κ2) is 4.91.